The molecule has 11 heavy (non-hydrogen) atoms. The third-order valence-corrected chi connectivity index (χ3v) is 2.88. The van der Waals surface area contributed by atoms with Crippen LogP contribution in [-0.2, 0) is 0 Å². The van der Waals surface area contributed by atoms with E-state index in [1.165, 1.54) is 19.3 Å². The van der Waals surface area contributed by atoms with E-state index >= 15 is 0 Å². The lowest BCUT2D eigenvalue weighted by Crippen LogP contribution is -2.56. The highest BCUT2D eigenvalue weighted by molar-refractivity contribution is 4.99. The second kappa shape index (κ2) is 3.37. The Labute approximate surface area is 69.1 Å². The van der Waals surface area contributed by atoms with Crippen molar-refractivity contribution in [3.05, 3.63) is 12.7 Å². The van der Waals surface area contributed by atoms with Gasteiger partial charge in [-0.05, 0) is 26.3 Å². The van der Waals surface area contributed by atoms with Gasteiger partial charge in [0.1, 0.15) is 0 Å². The lowest BCUT2D eigenvalue weighted by molar-refractivity contribution is 0.0565. The van der Waals surface area contributed by atoms with Gasteiger partial charge in [0.25, 0.3) is 0 Å². The highest BCUT2D eigenvalue weighted by Gasteiger charge is 2.38. The zero-order chi connectivity index (χ0) is 8.32. The van der Waals surface area contributed by atoms with Crippen LogP contribution in [-0.4, -0.2) is 30.6 Å². The zero-order valence-corrected chi connectivity index (χ0v) is 7.34. The van der Waals surface area contributed by atoms with Gasteiger partial charge < -0.3 is 5.73 Å². The van der Waals surface area contributed by atoms with Crippen LogP contribution in [0.15, 0.2) is 12.7 Å². The Balaban J connectivity index is 2.46. The van der Waals surface area contributed by atoms with Crippen LogP contribution in [0.3, 0.4) is 0 Å². The molecule has 0 atom stereocenters. The molecule has 0 radical (unpaired) electrons. The Morgan fingerprint density at radius 2 is 2.27 bits per heavy atom. The van der Waals surface area contributed by atoms with Crippen molar-refractivity contribution in [2.75, 3.05) is 20.1 Å². The molecule has 2 heteroatoms. The van der Waals surface area contributed by atoms with Crippen LogP contribution in [0.5, 0.6) is 0 Å². The van der Waals surface area contributed by atoms with Gasteiger partial charge in [0.15, 0.2) is 0 Å². The van der Waals surface area contributed by atoms with Gasteiger partial charge >= 0.3 is 0 Å². The summed E-state index contributed by atoms with van der Waals surface area (Å²) in [5, 5.41) is 0. The van der Waals surface area contributed by atoms with Gasteiger partial charge in [-0.15, -0.1) is 6.58 Å². The Morgan fingerprint density at radius 1 is 1.64 bits per heavy atom. The van der Waals surface area contributed by atoms with Crippen molar-refractivity contribution in [1.82, 2.24) is 4.90 Å². The summed E-state index contributed by atoms with van der Waals surface area (Å²) >= 11 is 0. The highest BCUT2D eigenvalue weighted by atomic mass is 15.2. The summed E-state index contributed by atoms with van der Waals surface area (Å²) in [6.07, 6.45) is 5.79. The molecule has 0 heterocycles. The SMILES string of the molecule is C=CCN(C)C1(CN)CCC1. The second-order valence-corrected chi connectivity index (χ2v) is 3.45. The monoisotopic (exact) mass is 154 g/mol. The molecule has 1 aliphatic carbocycles. The van der Waals surface area contributed by atoms with Crippen molar-refractivity contribution in [3.8, 4) is 0 Å². The summed E-state index contributed by atoms with van der Waals surface area (Å²) in [7, 11) is 2.13. The van der Waals surface area contributed by atoms with Gasteiger partial charge in [0, 0.05) is 18.6 Å². The molecule has 1 aliphatic rings. The topological polar surface area (TPSA) is 29.3 Å². The van der Waals surface area contributed by atoms with E-state index < -0.39 is 0 Å². The maximum Gasteiger partial charge on any atom is 0.0332 e. The van der Waals surface area contributed by atoms with Crippen molar-refractivity contribution in [3.63, 3.8) is 0 Å². The van der Waals surface area contributed by atoms with E-state index in [0.29, 0.717) is 5.54 Å². The lowest BCUT2D eigenvalue weighted by Gasteiger charge is -2.47. The van der Waals surface area contributed by atoms with Gasteiger partial charge in [-0.2, -0.15) is 0 Å². The Hall–Kier alpha value is -0.340. The van der Waals surface area contributed by atoms with Crippen molar-refractivity contribution in [2.24, 2.45) is 5.73 Å². The van der Waals surface area contributed by atoms with E-state index in [1.807, 2.05) is 6.08 Å². The zero-order valence-electron chi connectivity index (χ0n) is 7.34. The molecule has 1 fully saturated rings. The van der Waals surface area contributed by atoms with Crippen LogP contribution in [0.25, 0.3) is 0 Å². The van der Waals surface area contributed by atoms with E-state index in [9.17, 15) is 0 Å². The molecule has 1 saturated carbocycles. The molecule has 2 N–H and O–H groups in total. The Morgan fingerprint density at radius 3 is 2.55 bits per heavy atom. The normalized spacial score (nSPS) is 21.4. The summed E-state index contributed by atoms with van der Waals surface area (Å²) in [6, 6.07) is 0. The first kappa shape index (κ1) is 8.75. The fourth-order valence-corrected chi connectivity index (χ4v) is 1.71. The highest BCUT2D eigenvalue weighted by Crippen LogP contribution is 2.35. The van der Waals surface area contributed by atoms with Crippen LogP contribution in [0.4, 0.5) is 0 Å². The van der Waals surface area contributed by atoms with E-state index in [4.69, 9.17) is 5.73 Å². The van der Waals surface area contributed by atoms with Crippen molar-refractivity contribution < 1.29 is 0 Å². The van der Waals surface area contributed by atoms with Crippen LogP contribution < -0.4 is 5.73 Å². The fraction of sp³-hybridized carbons (Fsp3) is 0.778. The second-order valence-electron chi connectivity index (χ2n) is 3.45. The maximum absolute atomic E-state index is 5.72. The van der Waals surface area contributed by atoms with Gasteiger partial charge in [0.05, 0.1) is 0 Å². The predicted molar refractivity (Wildman–Crippen MR) is 48.5 cm³/mol. The van der Waals surface area contributed by atoms with Gasteiger partial charge in [-0.25, -0.2) is 0 Å². The molecule has 0 unspecified atom stereocenters. The minimum Gasteiger partial charge on any atom is -0.329 e. The molecule has 0 amide bonds. The number of nitrogens with zero attached hydrogens (tertiary/aromatic N) is 1. The molecule has 0 aromatic carbocycles. The number of hydrogen-bond acceptors (Lipinski definition) is 2. The lowest BCUT2D eigenvalue weighted by atomic mass is 9.75. The average molecular weight is 154 g/mol. The molecule has 0 aromatic rings. The first-order chi connectivity index (χ1) is 5.25. The van der Waals surface area contributed by atoms with E-state index in [-0.39, 0.29) is 0 Å². The molecule has 0 saturated heterocycles. The van der Waals surface area contributed by atoms with Crippen LogP contribution in [0.1, 0.15) is 19.3 Å². The van der Waals surface area contributed by atoms with E-state index in [2.05, 4.69) is 18.5 Å². The van der Waals surface area contributed by atoms with E-state index in [1.54, 1.807) is 0 Å². The molecular formula is C9H18N2. The molecule has 64 valence electrons. The quantitative estimate of drug-likeness (QED) is 0.612. The third-order valence-electron chi connectivity index (χ3n) is 2.88. The fourth-order valence-electron chi connectivity index (χ4n) is 1.71. The first-order valence-corrected chi connectivity index (χ1v) is 4.27. The molecule has 0 spiro atoms. The molecule has 0 aliphatic heterocycles. The number of nitrogens with two attached hydrogens (primary N) is 1. The van der Waals surface area contributed by atoms with Crippen molar-refractivity contribution >= 4 is 0 Å². The minimum atomic E-state index is 0.314. The summed E-state index contributed by atoms with van der Waals surface area (Å²) in [4.78, 5) is 2.32. The molecule has 1 rings (SSSR count). The first-order valence-electron chi connectivity index (χ1n) is 4.27. The van der Waals surface area contributed by atoms with Crippen LogP contribution in [0.2, 0.25) is 0 Å². The summed E-state index contributed by atoms with van der Waals surface area (Å²) in [5.74, 6) is 0. The molecule has 2 nitrogen and oxygen atoms in total. The summed E-state index contributed by atoms with van der Waals surface area (Å²) in [5.41, 5.74) is 6.04. The number of hydrogen-bond donors (Lipinski definition) is 1. The summed E-state index contributed by atoms with van der Waals surface area (Å²) < 4.78 is 0. The molecule has 0 aromatic heterocycles. The Bertz CT molecular complexity index is 133. The van der Waals surface area contributed by atoms with Crippen molar-refractivity contribution in [1.29, 1.82) is 0 Å². The summed E-state index contributed by atoms with van der Waals surface area (Å²) in [6.45, 7) is 5.47. The average Bonchev–Trinajstić information content (AvgIpc) is 1.87. The number of likely N-dealkylation sites (N-methyl/N-ethyl adjacent to an activating group) is 1. The van der Waals surface area contributed by atoms with E-state index in [0.717, 1.165) is 13.1 Å². The molecule has 0 bridgehead atoms. The Kier molecular flexibility index (Phi) is 2.68. The third kappa shape index (κ3) is 1.47. The van der Waals surface area contributed by atoms with Gasteiger partial charge in [-0.1, -0.05) is 6.08 Å². The largest absolute Gasteiger partial charge is 0.329 e. The number of rotatable bonds is 4. The van der Waals surface area contributed by atoms with Gasteiger partial charge in [0.2, 0.25) is 0 Å². The molecular weight excluding hydrogens is 136 g/mol. The standard InChI is InChI=1S/C9H18N2/c1-3-7-11(2)9(8-10)5-4-6-9/h3H,1,4-8,10H2,2H3. The van der Waals surface area contributed by atoms with Crippen LogP contribution in [0, 0.1) is 0 Å². The van der Waals surface area contributed by atoms with Gasteiger partial charge in [-0.3, -0.25) is 4.90 Å². The minimum absolute atomic E-state index is 0.314. The maximum atomic E-state index is 5.72. The van der Waals surface area contributed by atoms with Crippen molar-refractivity contribution in [2.45, 2.75) is 24.8 Å². The van der Waals surface area contributed by atoms with Crippen LogP contribution >= 0.6 is 0 Å². The predicted octanol–water partition coefficient (Wildman–Crippen LogP) is 0.986. The smallest absolute Gasteiger partial charge is 0.0332 e.